The average Bonchev–Trinajstić information content (AvgIpc) is 2.68. The summed E-state index contributed by atoms with van der Waals surface area (Å²) in [6, 6.07) is 15.3. The quantitative estimate of drug-likeness (QED) is 0.653. The van der Waals surface area contributed by atoms with Gasteiger partial charge in [-0.25, -0.2) is 0 Å². The Morgan fingerprint density at radius 3 is 2.58 bits per heavy atom. The van der Waals surface area contributed by atoms with Crippen molar-refractivity contribution < 1.29 is 19.0 Å². The maximum absolute atomic E-state index is 12.3. The van der Waals surface area contributed by atoms with Crippen LogP contribution in [0, 0.1) is 0 Å². The van der Waals surface area contributed by atoms with Crippen LogP contribution in [0.4, 0.5) is 0 Å². The molecule has 0 aliphatic heterocycles. The van der Waals surface area contributed by atoms with Gasteiger partial charge in [0.15, 0.2) is 11.5 Å². The van der Waals surface area contributed by atoms with E-state index in [9.17, 15) is 4.79 Å². The molecule has 0 bridgehead atoms. The molecule has 0 saturated carbocycles. The fraction of sp³-hybridized carbons (Fsp3) is 0.381. The van der Waals surface area contributed by atoms with E-state index in [4.69, 9.17) is 14.2 Å². The summed E-state index contributed by atoms with van der Waals surface area (Å²) in [6.45, 7) is 5.57. The van der Waals surface area contributed by atoms with Gasteiger partial charge in [-0.3, -0.25) is 4.79 Å². The molecule has 140 valence electrons. The Balaban J connectivity index is 1.76. The van der Waals surface area contributed by atoms with Crippen molar-refractivity contribution in [1.29, 1.82) is 0 Å². The lowest BCUT2D eigenvalue weighted by Crippen LogP contribution is -2.25. The third-order valence-electron chi connectivity index (χ3n) is 3.97. The van der Waals surface area contributed by atoms with Crippen molar-refractivity contribution in [2.24, 2.45) is 0 Å². The summed E-state index contributed by atoms with van der Waals surface area (Å²) < 4.78 is 16.5. The van der Waals surface area contributed by atoms with Crippen molar-refractivity contribution in [3.8, 4) is 11.5 Å². The summed E-state index contributed by atoms with van der Waals surface area (Å²) in [5.74, 6) is 1.05. The predicted octanol–water partition coefficient (Wildman–Crippen LogP) is 3.99. The molecule has 2 rings (SSSR count). The molecule has 0 aliphatic carbocycles. The molecule has 5 heteroatoms. The van der Waals surface area contributed by atoms with E-state index in [1.807, 2.05) is 44.2 Å². The molecule has 0 spiro atoms. The molecule has 1 amide bonds. The van der Waals surface area contributed by atoms with Gasteiger partial charge in [0.1, 0.15) is 0 Å². The minimum absolute atomic E-state index is 0.0437. The van der Waals surface area contributed by atoms with Crippen molar-refractivity contribution in [3.05, 3.63) is 59.7 Å². The van der Waals surface area contributed by atoms with E-state index >= 15 is 0 Å². The van der Waals surface area contributed by atoms with Gasteiger partial charge in [0.2, 0.25) is 0 Å². The summed E-state index contributed by atoms with van der Waals surface area (Å²) >= 11 is 0. The van der Waals surface area contributed by atoms with Gasteiger partial charge in [0.05, 0.1) is 19.8 Å². The highest BCUT2D eigenvalue weighted by Crippen LogP contribution is 2.28. The Bertz CT molecular complexity index is 688. The normalized spacial score (nSPS) is 11.7. The first kappa shape index (κ1) is 19.8. The standard InChI is InChI=1S/C21H27NO4/c1-4-25-20-15-18(11-12-19(20)24-3)21(23)22-13-8-14-26-16(2)17-9-6-5-7-10-17/h5-7,9-12,15-16H,4,8,13-14H2,1-3H3,(H,22,23). The smallest absolute Gasteiger partial charge is 0.251 e. The lowest BCUT2D eigenvalue weighted by molar-refractivity contribution is 0.0635. The number of hydrogen-bond acceptors (Lipinski definition) is 4. The second kappa shape index (κ2) is 10.5. The number of nitrogens with one attached hydrogen (secondary N) is 1. The first-order valence-electron chi connectivity index (χ1n) is 8.91. The highest BCUT2D eigenvalue weighted by Gasteiger charge is 2.11. The second-order valence-electron chi connectivity index (χ2n) is 5.83. The molecule has 0 radical (unpaired) electrons. The molecule has 0 saturated heterocycles. The van der Waals surface area contributed by atoms with Crippen LogP contribution in [0.15, 0.2) is 48.5 Å². The van der Waals surface area contributed by atoms with Crippen LogP contribution < -0.4 is 14.8 Å². The number of methoxy groups -OCH3 is 1. The molecule has 1 unspecified atom stereocenters. The molecule has 1 N–H and O–H groups in total. The summed E-state index contributed by atoms with van der Waals surface area (Å²) in [5.41, 5.74) is 1.70. The van der Waals surface area contributed by atoms with Gasteiger partial charge in [-0.15, -0.1) is 0 Å². The highest BCUT2D eigenvalue weighted by molar-refractivity contribution is 5.94. The molecule has 5 nitrogen and oxygen atoms in total. The molecular formula is C21H27NO4. The van der Waals surface area contributed by atoms with Crippen LogP contribution in [-0.2, 0) is 4.74 Å². The molecule has 2 aromatic carbocycles. The monoisotopic (exact) mass is 357 g/mol. The maximum atomic E-state index is 12.3. The second-order valence-corrected chi connectivity index (χ2v) is 5.83. The summed E-state index contributed by atoms with van der Waals surface area (Å²) in [6.07, 6.45) is 0.791. The number of rotatable bonds is 10. The van der Waals surface area contributed by atoms with Crippen molar-refractivity contribution in [1.82, 2.24) is 5.32 Å². The van der Waals surface area contributed by atoms with Gasteiger partial charge in [-0.2, -0.15) is 0 Å². The fourth-order valence-corrected chi connectivity index (χ4v) is 2.54. The Labute approximate surface area is 155 Å². The SMILES string of the molecule is CCOc1cc(C(=O)NCCCOC(C)c2ccccc2)ccc1OC. The van der Waals surface area contributed by atoms with Crippen LogP contribution in [0.5, 0.6) is 11.5 Å². The number of ether oxygens (including phenoxy) is 3. The van der Waals surface area contributed by atoms with Crippen molar-refractivity contribution in [3.63, 3.8) is 0 Å². The summed E-state index contributed by atoms with van der Waals surface area (Å²) in [5, 5.41) is 2.90. The van der Waals surface area contributed by atoms with E-state index < -0.39 is 0 Å². The Morgan fingerprint density at radius 1 is 1.12 bits per heavy atom. The zero-order valence-electron chi connectivity index (χ0n) is 15.7. The van der Waals surface area contributed by atoms with E-state index in [1.54, 1.807) is 25.3 Å². The first-order chi connectivity index (χ1) is 12.7. The molecular weight excluding hydrogens is 330 g/mol. The Kier molecular flexibility index (Phi) is 7.96. The highest BCUT2D eigenvalue weighted by atomic mass is 16.5. The van der Waals surface area contributed by atoms with Crippen molar-refractivity contribution >= 4 is 5.91 Å². The number of hydrogen-bond donors (Lipinski definition) is 1. The van der Waals surface area contributed by atoms with Gasteiger partial charge in [-0.05, 0) is 44.0 Å². The summed E-state index contributed by atoms with van der Waals surface area (Å²) in [7, 11) is 1.58. The van der Waals surface area contributed by atoms with Gasteiger partial charge in [0.25, 0.3) is 5.91 Å². The van der Waals surface area contributed by atoms with E-state index in [2.05, 4.69) is 5.32 Å². The number of carbonyl (C=O) groups is 1. The van der Waals surface area contributed by atoms with Crippen LogP contribution >= 0.6 is 0 Å². The van der Waals surface area contributed by atoms with Crippen molar-refractivity contribution in [2.75, 3.05) is 26.9 Å². The van der Waals surface area contributed by atoms with Crippen LogP contribution in [0.1, 0.15) is 42.3 Å². The topological polar surface area (TPSA) is 56.8 Å². The van der Waals surface area contributed by atoms with Crippen LogP contribution in [0.25, 0.3) is 0 Å². The number of benzene rings is 2. The minimum atomic E-state index is -0.135. The maximum Gasteiger partial charge on any atom is 0.251 e. The van der Waals surface area contributed by atoms with Crippen LogP contribution in [-0.4, -0.2) is 32.8 Å². The van der Waals surface area contributed by atoms with E-state index in [0.717, 1.165) is 12.0 Å². The number of carbonyl (C=O) groups excluding carboxylic acids is 1. The average molecular weight is 357 g/mol. The van der Waals surface area contributed by atoms with Gasteiger partial charge < -0.3 is 19.5 Å². The molecule has 0 fully saturated rings. The minimum Gasteiger partial charge on any atom is -0.493 e. The van der Waals surface area contributed by atoms with Crippen LogP contribution in [0.3, 0.4) is 0 Å². The Hall–Kier alpha value is -2.53. The van der Waals surface area contributed by atoms with E-state index in [1.165, 1.54) is 0 Å². The zero-order valence-corrected chi connectivity index (χ0v) is 15.7. The van der Waals surface area contributed by atoms with Crippen LogP contribution in [0.2, 0.25) is 0 Å². The lowest BCUT2D eigenvalue weighted by atomic mass is 10.1. The van der Waals surface area contributed by atoms with Gasteiger partial charge in [0, 0.05) is 18.7 Å². The van der Waals surface area contributed by atoms with Gasteiger partial charge >= 0.3 is 0 Å². The molecule has 0 aromatic heterocycles. The predicted molar refractivity (Wildman–Crippen MR) is 102 cm³/mol. The fourth-order valence-electron chi connectivity index (χ4n) is 2.54. The van der Waals surface area contributed by atoms with E-state index in [0.29, 0.717) is 36.8 Å². The molecule has 0 heterocycles. The molecule has 0 aliphatic rings. The third-order valence-corrected chi connectivity index (χ3v) is 3.97. The largest absolute Gasteiger partial charge is 0.493 e. The zero-order chi connectivity index (χ0) is 18.8. The molecule has 1 atom stereocenters. The Morgan fingerprint density at radius 2 is 1.88 bits per heavy atom. The van der Waals surface area contributed by atoms with E-state index in [-0.39, 0.29) is 12.0 Å². The first-order valence-corrected chi connectivity index (χ1v) is 8.91. The molecule has 2 aromatic rings. The van der Waals surface area contributed by atoms with Crippen molar-refractivity contribution in [2.45, 2.75) is 26.4 Å². The van der Waals surface area contributed by atoms with Gasteiger partial charge in [-0.1, -0.05) is 30.3 Å². The third kappa shape index (κ3) is 5.77. The lowest BCUT2D eigenvalue weighted by Gasteiger charge is -2.14. The summed E-state index contributed by atoms with van der Waals surface area (Å²) in [4.78, 5) is 12.3. The number of amides is 1. The molecule has 26 heavy (non-hydrogen) atoms.